The number of nitrogens with zero attached hydrogens (tertiary/aromatic N) is 3. The van der Waals surface area contributed by atoms with Crippen LogP contribution in [0, 0.1) is 0 Å². The summed E-state index contributed by atoms with van der Waals surface area (Å²) in [6.07, 6.45) is 0. The summed E-state index contributed by atoms with van der Waals surface area (Å²) < 4.78 is 35.0. The molecule has 1 aromatic heterocycles. The third kappa shape index (κ3) is 4.74. The van der Waals surface area contributed by atoms with Gasteiger partial charge >= 0.3 is 0 Å². The van der Waals surface area contributed by atoms with Gasteiger partial charge in [-0.3, -0.25) is 0 Å². The second-order valence-corrected chi connectivity index (χ2v) is 9.53. The summed E-state index contributed by atoms with van der Waals surface area (Å²) in [5.74, 6) is 1.38. The van der Waals surface area contributed by atoms with E-state index >= 15 is 0 Å². The van der Waals surface area contributed by atoms with Crippen molar-refractivity contribution >= 4 is 32.7 Å². The fraction of sp³-hybridized carbons (Fsp3) is 0.174. The molecule has 0 bridgehead atoms. The number of benzene rings is 3. The van der Waals surface area contributed by atoms with Gasteiger partial charge in [-0.25, -0.2) is 13.4 Å². The second kappa shape index (κ2) is 9.09. The minimum absolute atomic E-state index is 0.146. The van der Waals surface area contributed by atoms with Crippen LogP contribution in [0.15, 0.2) is 83.8 Å². The molecular formula is C23H22ClN3O3S. The molecule has 4 rings (SSSR count). The number of imidazole rings is 1. The van der Waals surface area contributed by atoms with Crippen LogP contribution in [0.1, 0.15) is 5.82 Å². The highest BCUT2D eigenvalue weighted by Crippen LogP contribution is 2.21. The SMILES string of the molecule is CN(Cc1nc2ccccc2n1CCOc1ccc(Cl)cc1)S(=O)(=O)c1ccccc1. The van der Waals surface area contributed by atoms with Crippen molar-refractivity contribution in [3.8, 4) is 5.75 Å². The van der Waals surface area contributed by atoms with Gasteiger partial charge in [-0.2, -0.15) is 4.31 Å². The van der Waals surface area contributed by atoms with E-state index in [0.29, 0.717) is 24.0 Å². The fourth-order valence-corrected chi connectivity index (χ4v) is 4.61. The minimum atomic E-state index is -3.62. The number of halogens is 1. The van der Waals surface area contributed by atoms with Crippen molar-refractivity contribution in [2.75, 3.05) is 13.7 Å². The number of sulfonamides is 1. The van der Waals surface area contributed by atoms with Crippen LogP contribution in [0.2, 0.25) is 5.02 Å². The summed E-state index contributed by atoms with van der Waals surface area (Å²) in [7, 11) is -2.06. The van der Waals surface area contributed by atoms with E-state index in [2.05, 4.69) is 4.98 Å². The number of ether oxygens (including phenoxy) is 1. The zero-order valence-electron chi connectivity index (χ0n) is 17.0. The lowest BCUT2D eigenvalue weighted by molar-refractivity contribution is 0.296. The van der Waals surface area contributed by atoms with Gasteiger partial charge in [0.25, 0.3) is 0 Å². The number of hydrogen-bond acceptors (Lipinski definition) is 4. The zero-order valence-corrected chi connectivity index (χ0v) is 18.6. The van der Waals surface area contributed by atoms with Crippen LogP contribution in [-0.2, 0) is 23.1 Å². The van der Waals surface area contributed by atoms with Crippen molar-refractivity contribution in [2.24, 2.45) is 0 Å². The first-order valence-corrected chi connectivity index (χ1v) is 11.6. The molecule has 0 amide bonds. The normalized spacial score (nSPS) is 11.8. The van der Waals surface area contributed by atoms with E-state index in [9.17, 15) is 8.42 Å². The first-order chi connectivity index (χ1) is 14.9. The minimum Gasteiger partial charge on any atom is -0.492 e. The monoisotopic (exact) mass is 455 g/mol. The molecule has 0 atom stereocenters. The average Bonchev–Trinajstić information content (AvgIpc) is 3.13. The number of hydrogen-bond donors (Lipinski definition) is 0. The van der Waals surface area contributed by atoms with Crippen LogP contribution in [0.25, 0.3) is 11.0 Å². The van der Waals surface area contributed by atoms with Crippen molar-refractivity contribution < 1.29 is 13.2 Å². The van der Waals surface area contributed by atoms with E-state index in [1.165, 1.54) is 4.31 Å². The number of fused-ring (bicyclic) bond motifs is 1. The Hall–Kier alpha value is -2.87. The average molecular weight is 456 g/mol. The molecule has 3 aromatic carbocycles. The first-order valence-electron chi connectivity index (χ1n) is 9.79. The maximum absolute atomic E-state index is 12.9. The third-order valence-corrected chi connectivity index (χ3v) is 7.02. The number of aromatic nitrogens is 2. The van der Waals surface area contributed by atoms with E-state index in [-0.39, 0.29) is 11.4 Å². The molecule has 0 unspecified atom stereocenters. The number of rotatable bonds is 8. The molecule has 0 aliphatic carbocycles. The van der Waals surface area contributed by atoms with Gasteiger partial charge in [0.15, 0.2) is 0 Å². The summed E-state index contributed by atoms with van der Waals surface area (Å²) >= 11 is 5.92. The molecule has 0 aliphatic heterocycles. The van der Waals surface area contributed by atoms with Crippen LogP contribution in [0.3, 0.4) is 0 Å². The summed E-state index contributed by atoms with van der Waals surface area (Å²) in [6.45, 7) is 1.08. The van der Waals surface area contributed by atoms with Gasteiger partial charge in [-0.1, -0.05) is 41.9 Å². The van der Waals surface area contributed by atoms with Gasteiger partial charge in [0.2, 0.25) is 10.0 Å². The highest BCUT2D eigenvalue weighted by Gasteiger charge is 2.23. The van der Waals surface area contributed by atoms with Crippen molar-refractivity contribution in [1.82, 2.24) is 13.9 Å². The van der Waals surface area contributed by atoms with E-state index in [1.807, 2.05) is 41.0 Å². The predicted octanol–water partition coefficient (Wildman–Crippen LogP) is 4.59. The molecule has 0 saturated carbocycles. The van der Waals surface area contributed by atoms with Gasteiger partial charge in [0, 0.05) is 12.1 Å². The molecule has 8 heteroatoms. The van der Waals surface area contributed by atoms with E-state index in [0.717, 1.165) is 16.8 Å². The highest BCUT2D eigenvalue weighted by atomic mass is 35.5. The van der Waals surface area contributed by atoms with Gasteiger partial charge in [0.1, 0.15) is 18.2 Å². The van der Waals surface area contributed by atoms with Crippen molar-refractivity contribution in [2.45, 2.75) is 18.0 Å². The molecule has 0 radical (unpaired) electrons. The molecule has 1 heterocycles. The first kappa shape index (κ1) is 21.4. The predicted molar refractivity (Wildman–Crippen MR) is 122 cm³/mol. The maximum Gasteiger partial charge on any atom is 0.243 e. The molecule has 4 aromatic rings. The fourth-order valence-electron chi connectivity index (χ4n) is 3.34. The topological polar surface area (TPSA) is 64.4 Å². The Labute approximate surface area is 186 Å². The Morgan fingerprint density at radius 2 is 1.65 bits per heavy atom. The molecule has 160 valence electrons. The van der Waals surface area contributed by atoms with Gasteiger partial charge in [0.05, 0.1) is 29.0 Å². The maximum atomic E-state index is 12.9. The smallest absolute Gasteiger partial charge is 0.243 e. The second-order valence-electron chi connectivity index (χ2n) is 7.04. The van der Waals surface area contributed by atoms with Crippen LogP contribution >= 0.6 is 11.6 Å². The molecule has 0 saturated heterocycles. The molecule has 6 nitrogen and oxygen atoms in total. The van der Waals surface area contributed by atoms with Crippen LogP contribution < -0.4 is 4.74 Å². The zero-order chi connectivity index (χ0) is 21.8. The molecule has 0 fully saturated rings. The van der Waals surface area contributed by atoms with E-state index < -0.39 is 10.0 Å². The lowest BCUT2D eigenvalue weighted by atomic mass is 10.3. The van der Waals surface area contributed by atoms with Crippen LogP contribution in [-0.4, -0.2) is 35.9 Å². The van der Waals surface area contributed by atoms with Crippen molar-refractivity contribution in [3.05, 3.63) is 89.7 Å². The summed E-state index contributed by atoms with van der Waals surface area (Å²) in [5.41, 5.74) is 1.75. The largest absolute Gasteiger partial charge is 0.492 e. The van der Waals surface area contributed by atoms with Gasteiger partial charge in [-0.15, -0.1) is 0 Å². The Morgan fingerprint density at radius 1 is 0.968 bits per heavy atom. The highest BCUT2D eigenvalue weighted by molar-refractivity contribution is 7.89. The third-order valence-electron chi connectivity index (χ3n) is 4.95. The quantitative estimate of drug-likeness (QED) is 0.390. The lowest BCUT2D eigenvalue weighted by Crippen LogP contribution is -2.28. The van der Waals surface area contributed by atoms with Gasteiger partial charge < -0.3 is 9.30 Å². The Kier molecular flexibility index (Phi) is 6.27. The Balaban J connectivity index is 1.56. The Bertz CT molecular complexity index is 1270. The summed E-state index contributed by atoms with van der Waals surface area (Å²) in [5, 5.41) is 0.651. The summed E-state index contributed by atoms with van der Waals surface area (Å²) in [6, 6.07) is 23.3. The van der Waals surface area contributed by atoms with E-state index in [1.54, 1.807) is 49.5 Å². The molecule has 0 aliphatic rings. The number of para-hydroxylation sites is 2. The lowest BCUT2D eigenvalue weighted by Gasteiger charge is -2.18. The molecular weight excluding hydrogens is 434 g/mol. The molecule has 31 heavy (non-hydrogen) atoms. The van der Waals surface area contributed by atoms with Crippen molar-refractivity contribution in [3.63, 3.8) is 0 Å². The van der Waals surface area contributed by atoms with Crippen LogP contribution in [0.4, 0.5) is 0 Å². The van der Waals surface area contributed by atoms with E-state index in [4.69, 9.17) is 16.3 Å². The Morgan fingerprint density at radius 3 is 2.39 bits per heavy atom. The van der Waals surface area contributed by atoms with Gasteiger partial charge in [-0.05, 0) is 48.5 Å². The molecule has 0 N–H and O–H groups in total. The van der Waals surface area contributed by atoms with Crippen LogP contribution in [0.5, 0.6) is 5.75 Å². The molecule has 0 spiro atoms. The summed E-state index contributed by atoms with van der Waals surface area (Å²) in [4.78, 5) is 4.94. The van der Waals surface area contributed by atoms with Crippen molar-refractivity contribution in [1.29, 1.82) is 0 Å². The standard InChI is InChI=1S/C23H22ClN3O3S/c1-26(31(28,29)20-7-3-2-4-8-20)17-23-25-21-9-5-6-10-22(21)27(23)15-16-30-19-13-11-18(24)12-14-19/h2-14H,15-17H2,1H3.